The highest BCUT2D eigenvalue weighted by Crippen LogP contribution is 2.27. The molecule has 0 fully saturated rings. The summed E-state index contributed by atoms with van der Waals surface area (Å²) in [6.45, 7) is 0.735. The van der Waals surface area contributed by atoms with Crippen molar-refractivity contribution >= 4 is 11.7 Å². The molecule has 1 aliphatic rings. The molecule has 1 aliphatic heterocycles. The fourth-order valence-electron chi connectivity index (χ4n) is 1.46. The molecule has 0 aromatic heterocycles. The minimum Gasteiger partial charge on any atom is -0.493 e. The monoisotopic (exact) mass is 192 g/mol. The minimum absolute atomic E-state index is 0.205. The lowest BCUT2D eigenvalue weighted by Crippen LogP contribution is -2.24. The van der Waals surface area contributed by atoms with E-state index in [1.807, 2.05) is 18.2 Å². The second kappa shape index (κ2) is 3.57. The van der Waals surface area contributed by atoms with Crippen LogP contribution in [0.1, 0.15) is 5.56 Å². The van der Waals surface area contributed by atoms with Gasteiger partial charge in [-0.2, -0.15) is 0 Å². The van der Waals surface area contributed by atoms with E-state index in [4.69, 9.17) is 4.74 Å². The van der Waals surface area contributed by atoms with Crippen molar-refractivity contribution in [2.24, 2.45) is 0 Å². The van der Waals surface area contributed by atoms with E-state index in [-0.39, 0.29) is 6.03 Å². The van der Waals surface area contributed by atoms with Gasteiger partial charge in [0.2, 0.25) is 0 Å². The number of hydrogen-bond donors (Lipinski definition) is 2. The van der Waals surface area contributed by atoms with E-state index in [0.717, 1.165) is 30.0 Å². The number of urea groups is 1. The Labute approximate surface area is 82.3 Å². The van der Waals surface area contributed by atoms with Gasteiger partial charge in [-0.05, 0) is 23.8 Å². The van der Waals surface area contributed by atoms with Gasteiger partial charge in [-0.25, -0.2) is 4.79 Å². The van der Waals surface area contributed by atoms with Crippen LogP contribution in [0.2, 0.25) is 0 Å². The van der Waals surface area contributed by atoms with Gasteiger partial charge in [0.05, 0.1) is 6.61 Å². The molecule has 1 aromatic rings. The smallest absolute Gasteiger partial charge is 0.318 e. The van der Waals surface area contributed by atoms with Crippen LogP contribution >= 0.6 is 0 Å². The van der Waals surface area contributed by atoms with Crippen LogP contribution in [0, 0.1) is 0 Å². The third-order valence-electron chi connectivity index (χ3n) is 2.17. The normalized spacial score (nSPS) is 12.9. The Morgan fingerprint density at radius 1 is 1.50 bits per heavy atom. The summed E-state index contributed by atoms with van der Waals surface area (Å²) < 4.78 is 5.36. The van der Waals surface area contributed by atoms with Gasteiger partial charge < -0.3 is 15.4 Å². The summed E-state index contributed by atoms with van der Waals surface area (Å²) in [7, 11) is 1.59. The van der Waals surface area contributed by atoms with Gasteiger partial charge >= 0.3 is 6.03 Å². The number of rotatable bonds is 1. The summed E-state index contributed by atoms with van der Waals surface area (Å²) in [5, 5.41) is 5.22. The van der Waals surface area contributed by atoms with E-state index >= 15 is 0 Å². The van der Waals surface area contributed by atoms with Crippen LogP contribution in [-0.4, -0.2) is 19.7 Å². The number of benzene rings is 1. The molecule has 0 unspecified atom stereocenters. The average molecular weight is 192 g/mol. The first-order chi connectivity index (χ1) is 6.79. The van der Waals surface area contributed by atoms with Crippen LogP contribution in [0.4, 0.5) is 10.5 Å². The number of ether oxygens (including phenoxy) is 1. The van der Waals surface area contributed by atoms with Crippen LogP contribution < -0.4 is 15.4 Å². The summed E-state index contributed by atoms with van der Waals surface area (Å²) in [6, 6.07) is 5.45. The molecule has 14 heavy (non-hydrogen) atoms. The van der Waals surface area contributed by atoms with Crippen molar-refractivity contribution in [3.05, 3.63) is 23.8 Å². The number of anilines is 1. The van der Waals surface area contributed by atoms with Crippen molar-refractivity contribution in [1.29, 1.82) is 0 Å². The Kier molecular flexibility index (Phi) is 2.26. The highest BCUT2D eigenvalue weighted by atomic mass is 16.5. The van der Waals surface area contributed by atoms with Gasteiger partial charge in [0.15, 0.2) is 0 Å². The molecule has 1 aromatic carbocycles. The quantitative estimate of drug-likeness (QED) is 0.706. The fourth-order valence-corrected chi connectivity index (χ4v) is 1.46. The molecular formula is C10H12N2O2. The van der Waals surface area contributed by atoms with Crippen LogP contribution in [0.3, 0.4) is 0 Å². The molecular weight excluding hydrogens is 180 g/mol. The fraction of sp³-hybridized carbons (Fsp3) is 0.300. The second-order valence-corrected chi connectivity index (χ2v) is 3.13. The first kappa shape index (κ1) is 8.87. The molecule has 74 valence electrons. The van der Waals surface area contributed by atoms with Crippen molar-refractivity contribution < 1.29 is 9.53 Å². The maximum absolute atomic E-state index is 11.0. The number of fused-ring (bicyclic) bond motifs is 1. The number of hydrogen-bond acceptors (Lipinski definition) is 2. The lowest BCUT2D eigenvalue weighted by Gasteiger charge is -2.05. The van der Waals surface area contributed by atoms with Gasteiger partial charge in [0.1, 0.15) is 5.75 Å². The van der Waals surface area contributed by atoms with Gasteiger partial charge in [-0.1, -0.05) is 0 Å². The second-order valence-electron chi connectivity index (χ2n) is 3.13. The maximum atomic E-state index is 11.0. The third kappa shape index (κ3) is 1.64. The predicted molar refractivity (Wildman–Crippen MR) is 53.7 cm³/mol. The highest BCUT2D eigenvalue weighted by Gasteiger charge is 2.12. The molecule has 2 rings (SSSR count). The zero-order valence-corrected chi connectivity index (χ0v) is 7.96. The highest BCUT2D eigenvalue weighted by molar-refractivity contribution is 5.89. The minimum atomic E-state index is -0.205. The van der Waals surface area contributed by atoms with Gasteiger partial charge in [-0.15, -0.1) is 0 Å². The van der Waals surface area contributed by atoms with Crippen molar-refractivity contribution in [2.75, 3.05) is 19.0 Å². The van der Waals surface area contributed by atoms with Gasteiger partial charge in [0, 0.05) is 19.2 Å². The SMILES string of the molecule is CNC(=O)Nc1ccc2c(c1)CCO2. The maximum Gasteiger partial charge on any atom is 0.318 e. The molecule has 4 nitrogen and oxygen atoms in total. The lowest BCUT2D eigenvalue weighted by atomic mass is 10.1. The van der Waals surface area contributed by atoms with E-state index in [2.05, 4.69) is 10.6 Å². The Hall–Kier alpha value is -1.71. The van der Waals surface area contributed by atoms with E-state index in [1.54, 1.807) is 7.05 Å². The standard InChI is InChI=1S/C10H12N2O2/c1-11-10(13)12-8-2-3-9-7(6-8)4-5-14-9/h2-3,6H,4-5H2,1H3,(H2,11,12,13). The van der Waals surface area contributed by atoms with Crippen LogP contribution in [0.5, 0.6) is 5.75 Å². The molecule has 2 N–H and O–H groups in total. The lowest BCUT2D eigenvalue weighted by molar-refractivity contribution is 0.254. The molecule has 0 saturated heterocycles. The summed E-state index contributed by atoms with van der Waals surface area (Å²) in [4.78, 5) is 11.0. The van der Waals surface area contributed by atoms with Crippen LogP contribution in [-0.2, 0) is 6.42 Å². The Morgan fingerprint density at radius 2 is 2.36 bits per heavy atom. The Morgan fingerprint density at radius 3 is 3.14 bits per heavy atom. The van der Waals surface area contributed by atoms with Crippen molar-refractivity contribution in [1.82, 2.24) is 5.32 Å². The van der Waals surface area contributed by atoms with Crippen LogP contribution in [0.15, 0.2) is 18.2 Å². The number of carbonyl (C=O) groups is 1. The summed E-state index contributed by atoms with van der Waals surface area (Å²) in [6.07, 6.45) is 0.915. The topological polar surface area (TPSA) is 50.4 Å². The molecule has 0 saturated carbocycles. The predicted octanol–water partition coefficient (Wildman–Crippen LogP) is 1.37. The first-order valence-corrected chi connectivity index (χ1v) is 4.54. The van der Waals surface area contributed by atoms with E-state index in [0.29, 0.717) is 0 Å². The van der Waals surface area contributed by atoms with E-state index < -0.39 is 0 Å². The number of amides is 2. The van der Waals surface area contributed by atoms with Crippen LogP contribution in [0.25, 0.3) is 0 Å². The zero-order valence-electron chi connectivity index (χ0n) is 7.96. The van der Waals surface area contributed by atoms with E-state index in [1.165, 1.54) is 0 Å². The zero-order chi connectivity index (χ0) is 9.97. The number of carbonyl (C=O) groups excluding carboxylic acids is 1. The molecule has 0 aliphatic carbocycles. The Bertz CT molecular complexity index is 363. The average Bonchev–Trinajstić information content (AvgIpc) is 2.64. The third-order valence-corrected chi connectivity index (χ3v) is 2.17. The summed E-state index contributed by atoms with van der Waals surface area (Å²) >= 11 is 0. The molecule has 0 atom stereocenters. The summed E-state index contributed by atoms with van der Waals surface area (Å²) in [5.74, 6) is 0.924. The van der Waals surface area contributed by atoms with Crippen molar-refractivity contribution in [2.45, 2.75) is 6.42 Å². The summed E-state index contributed by atoms with van der Waals surface area (Å²) in [5.41, 5.74) is 1.95. The molecule has 1 heterocycles. The van der Waals surface area contributed by atoms with E-state index in [9.17, 15) is 4.79 Å². The molecule has 0 spiro atoms. The molecule has 0 bridgehead atoms. The first-order valence-electron chi connectivity index (χ1n) is 4.54. The molecule has 2 amide bonds. The molecule has 0 radical (unpaired) electrons. The van der Waals surface area contributed by atoms with Crippen molar-refractivity contribution in [3.63, 3.8) is 0 Å². The van der Waals surface area contributed by atoms with Crippen molar-refractivity contribution in [3.8, 4) is 5.75 Å². The largest absolute Gasteiger partial charge is 0.493 e. The van der Waals surface area contributed by atoms with Gasteiger partial charge in [-0.3, -0.25) is 0 Å². The Balaban J connectivity index is 2.16. The number of nitrogens with one attached hydrogen (secondary N) is 2. The van der Waals surface area contributed by atoms with Gasteiger partial charge in [0.25, 0.3) is 0 Å². The molecule has 4 heteroatoms.